The normalized spacial score (nSPS) is 14.8. The Hall–Kier alpha value is -3.39. The Morgan fingerprint density at radius 3 is 2.53 bits per heavy atom. The van der Waals surface area contributed by atoms with Gasteiger partial charge in [0, 0.05) is 38.8 Å². The maximum Gasteiger partial charge on any atom is 0.258 e. The molecule has 5 nitrogen and oxygen atoms in total. The van der Waals surface area contributed by atoms with E-state index in [9.17, 15) is 18.0 Å². The first-order valence-electron chi connectivity index (χ1n) is 10.4. The second-order valence-electron chi connectivity index (χ2n) is 7.73. The van der Waals surface area contributed by atoms with Crippen LogP contribution in [0.5, 0.6) is 0 Å². The summed E-state index contributed by atoms with van der Waals surface area (Å²) in [6, 6.07) is 13.0. The number of pyridine rings is 1. The van der Waals surface area contributed by atoms with Gasteiger partial charge in [-0.3, -0.25) is 9.69 Å². The van der Waals surface area contributed by atoms with Crippen molar-refractivity contribution in [2.45, 2.75) is 13.0 Å². The van der Waals surface area contributed by atoms with Crippen LogP contribution in [0.2, 0.25) is 0 Å². The molecule has 32 heavy (non-hydrogen) atoms. The van der Waals surface area contributed by atoms with Gasteiger partial charge in [0.25, 0.3) is 5.91 Å². The Balaban J connectivity index is 1.35. The third-order valence-electron chi connectivity index (χ3n) is 5.39. The molecule has 1 aliphatic rings. The smallest absolute Gasteiger partial charge is 0.258 e. The number of carbonyl (C=O) groups is 1. The molecule has 4 rings (SSSR count). The number of aromatic nitrogens is 1. The van der Waals surface area contributed by atoms with Crippen molar-refractivity contribution in [1.29, 1.82) is 0 Å². The first-order valence-corrected chi connectivity index (χ1v) is 10.4. The summed E-state index contributed by atoms with van der Waals surface area (Å²) in [7, 11) is 0. The van der Waals surface area contributed by atoms with Gasteiger partial charge in [-0.15, -0.1) is 0 Å². The summed E-state index contributed by atoms with van der Waals surface area (Å²) in [5.74, 6) is -1.77. The van der Waals surface area contributed by atoms with E-state index in [4.69, 9.17) is 0 Å². The van der Waals surface area contributed by atoms with E-state index >= 15 is 0 Å². The quantitative estimate of drug-likeness (QED) is 0.636. The molecule has 1 fully saturated rings. The van der Waals surface area contributed by atoms with Gasteiger partial charge in [-0.25, -0.2) is 18.2 Å². The van der Waals surface area contributed by atoms with Gasteiger partial charge < -0.3 is 10.2 Å². The molecule has 1 saturated heterocycles. The summed E-state index contributed by atoms with van der Waals surface area (Å²) in [5.41, 5.74) is 1.14. The lowest BCUT2D eigenvalue weighted by Gasteiger charge is -2.23. The molecular formula is C24H23F3N4O. The monoisotopic (exact) mass is 440 g/mol. The van der Waals surface area contributed by atoms with E-state index in [0.717, 1.165) is 56.1 Å². The third-order valence-corrected chi connectivity index (χ3v) is 5.39. The molecule has 0 bridgehead atoms. The van der Waals surface area contributed by atoms with Crippen molar-refractivity contribution in [3.63, 3.8) is 0 Å². The molecule has 2 heterocycles. The fraction of sp³-hybridized carbons (Fsp3) is 0.250. The van der Waals surface area contributed by atoms with Crippen LogP contribution < -0.4 is 10.2 Å². The molecule has 1 amide bonds. The van der Waals surface area contributed by atoms with E-state index in [2.05, 4.69) is 20.1 Å². The summed E-state index contributed by atoms with van der Waals surface area (Å²) in [6.45, 7) is 4.03. The highest BCUT2D eigenvalue weighted by Crippen LogP contribution is 2.19. The third kappa shape index (κ3) is 5.45. The van der Waals surface area contributed by atoms with Crippen molar-refractivity contribution in [1.82, 2.24) is 9.88 Å². The van der Waals surface area contributed by atoms with E-state index in [1.165, 1.54) is 12.3 Å². The van der Waals surface area contributed by atoms with Gasteiger partial charge in [-0.1, -0.05) is 12.1 Å². The zero-order chi connectivity index (χ0) is 22.5. The molecule has 1 aromatic heterocycles. The maximum atomic E-state index is 13.8. The van der Waals surface area contributed by atoms with Crippen LogP contribution >= 0.6 is 0 Å². The van der Waals surface area contributed by atoms with Gasteiger partial charge >= 0.3 is 0 Å². The number of anilines is 2. The van der Waals surface area contributed by atoms with Crippen LogP contribution in [-0.2, 0) is 6.54 Å². The number of carbonyl (C=O) groups excluding carboxylic acids is 1. The minimum Gasteiger partial charge on any atom is -0.355 e. The average Bonchev–Trinajstić information content (AvgIpc) is 3.00. The lowest BCUT2D eigenvalue weighted by Crippen LogP contribution is -2.31. The van der Waals surface area contributed by atoms with Crippen LogP contribution in [0.1, 0.15) is 22.3 Å². The molecule has 2 aromatic carbocycles. The fourth-order valence-corrected chi connectivity index (χ4v) is 3.77. The van der Waals surface area contributed by atoms with Gasteiger partial charge in [0.15, 0.2) is 0 Å². The molecule has 3 aromatic rings. The molecule has 0 unspecified atom stereocenters. The van der Waals surface area contributed by atoms with Gasteiger partial charge in [-0.05, 0) is 48.4 Å². The summed E-state index contributed by atoms with van der Waals surface area (Å²) in [4.78, 5) is 21.1. The molecule has 1 aliphatic heterocycles. The molecular weight excluding hydrogens is 417 g/mol. The summed E-state index contributed by atoms with van der Waals surface area (Å²) in [5, 5.41) is 2.58. The van der Waals surface area contributed by atoms with Gasteiger partial charge in [0.05, 0.1) is 17.4 Å². The zero-order valence-electron chi connectivity index (χ0n) is 17.4. The van der Waals surface area contributed by atoms with E-state index in [1.54, 1.807) is 24.3 Å². The molecule has 8 heteroatoms. The lowest BCUT2D eigenvalue weighted by molar-refractivity contribution is 0.102. The first-order chi connectivity index (χ1) is 15.5. The Bertz CT molecular complexity index is 1090. The van der Waals surface area contributed by atoms with Crippen LogP contribution in [0.4, 0.5) is 24.7 Å². The molecule has 0 radical (unpaired) electrons. The fourth-order valence-electron chi connectivity index (χ4n) is 3.77. The molecule has 166 valence electrons. The van der Waals surface area contributed by atoms with Crippen LogP contribution in [0.3, 0.4) is 0 Å². The predicted octanol–water partition coefficient (Wildman–Crippen LogP) is 4.46. The average molecular weight is 440 g/mol. The standard InChI is InChI=1S/C24H23F3N4O/c25-18-4-1-3-17(13-18)16-30-9-2-10-31(12-11-30)23-8-6-20(15-28-23)29-24(32)21-7-5-19(26)14-22(21)27/h1,3-8,13-15H,2,9-12,16H2,(H,29,32). The first kappa shape index (κ1) is 21.8. The van der Waals surface area contributed by atoms with Crippen molar-refractivity contribution in [3.05, 3.63) is 89.4 Å². The largest absolute Gasteiger partial charge is 0.355 e. The highest BCUT2D eigenvalue weighted by Gasteiger charge is 2.17. The predicted molar refractivity (Wildman–Crippen MR) is 117 cm³/mol. The van der Waals surface area contributed by atoms with E-state index in [-0.39, 0.29) is 11.4 Å². The second kappa shape index (κ2) is 9.82. The number of hydrogen-bond acceptors (Lipinski definition) is 4. The van der Waals surface area contributed by atoms with Gasteiger partial charge in [-0.2, -0.15) is 0 Å². The number of rotatable bonds is 5. The number of benzene rings is 2. The van der Waals surface area contributed by atoms with Crippen molar-refractivity contribution in [2.75, 3.05) is 36.4 Å². The maximum absolute atomic E-state index is 13.8. The number of halogens is 3. The van der Waals surface area contributed by atoms with Crippen molar-refractivity contribution in [3.8, 4) is 0 Å². The van der Waals surface area contributed by atoms with Crippen molar-refractivity contribution >= 4 is 17.4 Å². The van der Waals surface area contributed by atoms with Gasteiger partial charge in [0.2, 0.25) is 0 Å². The van der Waals surface area contributed by atoms with Crippen LogP contribution in [-0.4, -0.2) is 42.0 Å². The van der Waals surface area contributed by atoms with Crippen LogP contribution in [0, 0.1) is 17.5 Å². The number of hydrogen-bond donors (Lipinski definition) is 1. The van der Waals surface area contributed by atoms with E-state index in [1.807, 2.05) is 6.07 Å². The molecule has 0 spiro atoms. The Morgan fingerprint density at radius 1 is 0.938 bits per heavy atom. The van der Waals surface area contributed by atoms with Crippen molar-refractivity contribution < 1.29 is 18.0 Å². The molecule has 0 aliphatic carbocycles. The Kier molecular flexibility index (Phi) is 6.70. The number of nitrogens with one attached hydrogen (secondary N) is 1. The minimum absolute atomic E-state index is 0.225. The molecule has 0 saturated carbocycles. The highest BCUT2D eigenvalue weighted by molar-refractivity contribution is 6.04. The summed E-state index contributed by atoms with van der Waals surface area (Å²) >= 11 is 0. The number of amides is 1. The Labute approximate surface area is 184 Å². The topological polar surface area (TPSA) is 48.5 Å². The lowest BCUT2D eigenvalue weighted by atomic mass is 10.2. The number of nitrogens with zero attached hydrogens (tertiary/aromatic N) is 3. The minimum atomic E-state index is -0.917. The summed E-state index contributed by atoms with van der Waals surface area (Å²) in [6.07, 6.45) is 2.46. The molecule has 0 atom stereocenters. The van der Waals surface area contributed by atoms with Crippen LogP contribution in [0.25, 0.3) is 0 Å². The van der Waals surface area contributed by atoms with Crippen molar-refractivity contribution in [2.24, 2.45) is 0 Å². The molecule has 1 N–H and O–H groups in total. The highest BCUT2D eigenvalue weighted by atomic mass is 19.1. The Morgan fingerprint density at radius 2 is 1.78 bits per heavy atom. The van der Waals surface area contributed by atoms with Gasteiger partial charge in [0.1, 0.15) is 23.3 Å². The second-order valence-corrected chi connectivity index (χ2v) is 7.73. The van der Waals surface area contributed by atoms with Crippen LogP contribution in [0.15, 0.2) is 60.8 Å². The summed E-state index contributed by atoms with van der Waals surface area (Å²) < 4.78 is 40.3. The SMILES string of the molecule is O=C(Nc1ccc(N2CCCN(Cc3cccc(F)c3)CC2)nc1)c1ccc(F)cc1F. The van der Waals surface area contributed by atoms with E-state index < -0.39 is 17.5 Å². The van der Waals surface area contributed by atoms with E-state index in [0.29, 0.717) is 18.3 Å². The zero-order valence-corrected chi connectivity index (χ0v) is 17.4.